The van der Waals surface area contributed by atoms with Gasteiger partial charge in [0.05, 0.1) is 11.8 Å². The quantitative estimate of drug-likeness (QED) is 0.584. The molecule has 0 heterocycles. The molecule has 1 aromatic carbocycles. The molecule has 0 fully saturated rings. The van der Waals surface area contributed by atoms with E-state index in [0.29, 0.717) is 6.04 Å². The van der Waals surface area contributed by atoms with Crippen molar-refractivity contribution in [3.05, 3.63) is 48.0 Å². The third-order valence-electron chi connectivity index (χ3n) is 3.35. The summed E-state index contributed by atoms with van der Waals surface area (Å²) in [7, 11) is -4.92. The van der Waals surface area contributed by atoms with Crippen LogP contribution in [0.5, 0.6) is 0 Å². The van der Waals surface area contributed by atoms with E-state index in [1.54, 1.807) is 12.1 Å². The van der Waals surface area contributed by atoms with Gasteiger partial charge in [0.2, 0.25) is 10.0 Å². The van der Waals surface area contributed by atoms with Gasteiger partial charge in [-0.25, -0.2) is 13.1 Å². The smallest absolute Gasteiger partial charge is 0.212 e. The Hall–Kier alpha value is -1.24. The van der Waals surface area contributed by atoms with Crippen LogP contribution in [0.1, 0.15) is 18.5 Å². The summed E-state index contributed by atoms with van der Waals surface area (Å²) in [5.74, 6) is -0.140. The van der Waals surface area contributed by atoms with Gasteiger partial charge < -0.3 is 0 Å². The molecule has 0 aromatic heterocycles. The van der Waals surface area contributed by atoms with Gasteiger partial charge in [-0.2, -0.15) is 0 Å². The predicted octanol–water partition coefficient (Wildman–Crippen LogP) is 3.13. The van der Waals surface area contributed by atoms with Crippen molar-refractivity contribution in [3.63, 3.8) is 0 Å². The Balaban J connectivity index is 2.99. The largest absolute Gasteiger partial charge is 0.295 e. The maximum absolute atomic E-state index is 12.3. The van der Waals surface area contributed by atoms with Crippen LogP contribution in [0, 0.1) is 0 Å². The minimum atomic E-state index is -3.47. The second-order valence-electron chi connectivity index (χ2n) is 6.67. The lowest BCUT2D eigenvalue weighted by molar-refractivity contribution is -0.113. The molecule has 0 unspecified atom stereocenters. The average molecular weight is 340 g/mol. The van der Waals surface area contributed by atoms with E-state index in [0.717, 1.165) is 5.56 Å². The zero-order valence-corrected chi connectivity index (χ0v) is 15.5. The second-order valence-corrected chi connectivity index (χ2v) is 14.2. The average Bonchev–Trinajstić information content (AvgIpc) is 2.42. The van der Waals surface area contributed by atoms with Gasteiger partial charge >= 0.3 is 0 Å². The molecule has 0 aliphatic rings. The summed E-state index contributed by atoms with van der Waals surface area (Å²) in [6.45, 7) is 11.5. The Morgan fingerprint density at radius 3 is 2.23 bits per heavy atom. The van der Waals surface area contributed by atoms with Crippen LogP contribution < -0.4 is 4.72 Å². The van der Waals surface area contributed by atoms with Crippen molar-refractivity contribution in [3.8, 4) is 0 Å². The minimum Gasteiger partial charge on any atom is -0.295 e. The van der Waals surface area contributed by atoms with Crippen LogP contribution in [0.4, 0.5) is 0 Å². The molecule has 122 valence electrons. The fraction of sp³-hybridized carbons (Fsp3) is 0.438. The first-order chi connectivity index (χ1) is 10.0. The molecule has 1 rings (SSSR count). The zero-order valence-electron chi connectivity index (χ0n) is 13.7. The molecule has 6 heteroatoms. The monoisotopic (exact) mass is 339 g/mol. The highest BCUT2D eigenvalue weighted by Crippen LogP contribution is 2.22. The first kappa shape index (κ1) is 18.8. The normalized spacial score (nSPS) is 13.6. The molecule has 22 heavy (non-hydrogen) atoms. The Morgan fingerprint density at radius 2 is 1.77 bits per heavy atom. The lowest BCUT2D eigenvalue weighted by Crippen LogP contribution is -2.35. The number of carbonyl (C=O) groups excluding carboxylic acids is 1. The van der Waals surface area contributed by atoms with E-state index < -0.39 is 24.1 Å². The maximum atomic E-state index is 12.3. The molecular formula is C16H25NO3SSi. The molecule has 0 bridgehead atoms. The molecule has 0 amide bonds. The molecule has 0 saturated heterocycles. The van der Waals surface area contributed by atoms with Crippen LogP contribution in [-0.2, 0) is 14.8 Å². The summed E-state index contributed by atoms with van der Waals surface area (Å²) in [6, 6.07) is 9.02. The van der Waals surface area contributed by atoms with Crippen LogP contribution in [0.2, 0.25) is 25.7 Å². The van der Waals surface area contributed by atoms with E-state index in [9.17, 15) is 13.2 Å². The minimum absolute atomic E-state index is 0.0806. The van der Waals surface area contributed by atoms with Crippen LogP contribution in [0.15, 0.2) is 42.5 Å². The third-order valence-corrected chi connectivity index (χ3v) is 6.80. The number of ketones is 1. The molecule has 1 atom stereocenters. The molecule has 1 aromatic rings. The van der Waals surface area contributed by atoms with Gasteiger partial charge in [-0.1, -0.05) is 56.6 Å². The first-order valence-corrected chi connectivity index (χ1v) is 12.6. The van der Waals surface area contributed by atoms with E-state index in [1.807, 2.05) is 18.2 Å². The van der Waals surface area contributed by atoms with Gasteiger partial charge in [0.25, 0.3) is 0 Å². The van der Waals surface area contributed by atoms with Crippen molar-refractivity contribution < 1.29 is 13.2 Å². The van der Waals surface area contributed by atoms with Crippen LogP contribution >= 0.6 is 0 Å². The summed E-state index contributed by atoms with van der Waals surface area (Å²) < 4.78 is 27.3. The fourth-order valence-electron chi connectivity index (χ4n) is 1.87. The van der Waals surface area contributed by atoms with E-state index in [4.69, 9.17) is 0 Å². The van der Waals surface area contributed by atoms with Gasteiger partial charge in [-0.3, -0.25) is 4.79 Å². The Kier molecular flexibility index (Phi) is 6.28. The summed E-state index contributed by atoms with van der Waals surface area (Å²) in [5.41, 5.74) is 0.974. The highest BCUT2D eigenvalue weighted by atomic mass is 32.2. The van der Waals surface area contributed by atoms with Gasteiger partial charge in [0.15, 0.2) is 5.78 Å². The maximum Gasteiger partial charge on any atom is 0.212 e. The van der Waals surface area contributed by atoms with E-state index in [1.165, 1.54) is 6.92 Å². The topological polar surface area (TPSA) is 63.2 Å². The molecule has 0 spiro atoms. The number of hydrogen-bond acceptors (Lipinski definition) is 3. The number of rotatable bonds is 8. The molecule has 0 aliphatic carbocycles. The Labute approximate surface area is 134 Å². The highest BCUT2D eigenvalue weighted by Gasteiger charge is 2.25. The Morgan fingerprint density at radius 1 is 1.23 bits per heavy atom. The van der Waals surface area contributed by atoms with Crippen LogP contribution in [0.3, 0.4) is 0 Å². The highest BCUT2D eigenvalue weighted by molar-refractivity contribution is 7.89. The number of Topliss-reactive ketones (excluding diaryl/α,β-unsaturated/α-hetero) is 1. The molecule has 0 radical (unpaired) electrons. The molecule has 1 N–H and O–H groups in total. The van der Waals surface area contributed by atoms with Crippen LogP contribution in [0.25, 0.3) is 0 Å². The van der Waals surface area contributed by atoms with Gasteiger partial charge in [0, 0.05) is 13.6 Å². The van der Waals surface area contributed by atoms with Crippen molar-refractivity contribution >= 4 is 23.9 Å². The first-order valence-electron chi connectivity index (χ1n) is 7.26. The zero-order chi connectivity index (χ0) is 17.0. The molecule has 4 nitrogen and oxygen atoms in total. The van der Waals surface area contributed by atoms with E-state index in [2.05, 4.69) is 30.9 Å². The summed E-state index contributed by atoms with van der Waals surface area (Å²) >= 11 is 0. The standard InChI is InChI=1S/C16H25NO3SSi/c1-13(14(2)18)16(15-9-7-6-8-10-15)17-21(19,20)11-12-22(3,4)5/h6-10,16-17H,1,11-12H2,2-5H3/t16-/m0/s1. The fourth-order valence-corrected chi connectivity index (χ4v) is 6.15. The molecular weight excluding hydrogens is 314 g/mol. The van der Waals surface area contributed by atoms with Crippen molar-refractivity contribution in [1.82, 2.24) is 4.72 Å². The van der Waals surface area contributed by atoms with Gasteiger partial charge in [-0.05, 0) is 18.5 Å². The second kappa shape index (κ2) is 7.35. The predicted molar refractivity (Wildman–Crippen MR) is 94.1 cm³/mol. The van der Waals surface area contributed by atoms with Crippen molar-refractivity contribution in [2.24, 2.45) is 0 Å². The number of benzene rings is 1. The number of nitrogens with one attached hydrogen (secondary N) is 1. The number of sulfonamides is 1. The van der Waals surface area contributed by atoms with Crippen molar-refractivity contribution in [1.29, 1.82) is 0 Å². The van der Waals surface area contributed by atoms with Crippen molar-refractivity contribution in [2.45, 2.75) is 38.7 Å². The number of hydrogen-bond donors (Lipinski definition) is 1. The summed E-state index contributed by atoms with van der Waals surface area (Å²) in [5, 5.41) is 0. The summed E-state index contributed by atoms with van der Waals surface area (Å²) in [6.07, 6.45) is 0. The lowest BCUT2D eigenvalue weighted by atomic mass is 9.98. The molecule has 0 aliphatic heterocycles. The van der Waals surface area contributed by atoms with Gasteiger partial charge in [-0.15, -0.1) is 0 Å². The summed E-state index contributed by atoms with van der Waals surface area (Å²) in [4.78, 5) is 11.6. The lowest BCUT2D eigenvalue weighted by Gasteiger charge is -2.22. The number of carbonyl (C=O) groups is 1. The van der Waals surface area contributed by atoms with Crippen LogP contribution in [-0.4, -0.2) is 28.0 Å². The van der Waals surface area contributed by atoms with Crippen molar-refractivity contribution in [2.75, 3.05) is 5.75 Å². The van der Waals surface area contributed by atoms with Gasteiger partial charge in [0.1, 0.15) is 0 Å². The van der Waals surface area contributed by atoms with E-state index >= 15 is 0 Å². The van der Waals surface area contributed by atoms with E-state index in [-0.39, 0.29) is 17.1 Å². The molecule has 0 saturated carbocycles. The SMILES string of the molecule is C=C(C(C)=O)[C@H](NS(=O)(=O)CC[Si](C)(C)C)c1ccccc1. The Bertz CT molecular complexity index is 633. The third kappa shape index (κ3) is 6.25.